The van der Waals surface area contributed by atoms with Crippen LogP contribution in [-0.4, -0.2) is 25.2 Å². The van der Waals surface area contributed by atoms with Crippen LogP contribution in [0.15, 0.2) is 30.5 Å². The van der Waals surface area contributed by atoms with Gasteiger partial charge in [0.1, 0.15) is 11.6 Å². The summed E-state index contributed by atoms with van der Waals surface area (Å²) in [5.41, 5.74) is 0. The topological polar surface area (TPSA) is 25.4 Å². The second kappa shape index (κ2) is 4.84. The van der Waals surface area contributed by atoms with E-state index in [0.29, 0.717) is 0 Å². The maximum Gasteiger partial charge on any atom is 0.129 e. The summed E-state index contributed by atoms with van der Waals surface area (Å²) in [7, 11) is 1.70. The van der Waals surface area contributed by atoms with Gasteiger partial charge in [-0.1, -0.05) is 12.1 Å². The number of rotatable bonds is 2. The van der Waals surface area contributed by atoms with E-state index in [1.54, 1.807) is 7.11 Å². The van der Waals surface area contributed by atoms with Crippen LogP contribution >= 0.6 is 0 Å². The van der Waals surface area contributed by atoms with Crippen molar-refractivity contribution in [2.75, 3.05) is 25.1 Å². The summed E-state index contributed by atoms with van der Waals surface area (Å²) >= 11 is 0. The van der Waals surface area contributed by atoms with Gasteiger partial charge in [-0.15, -0.1) is 0 Å². The number of nitrogens with zero attached hydrogens (tertiary/aromatic N) is 2. The number of methoxy groups -OCH3 is 1. The van der Waals surface area contributed by atoms with Crippen molar-refractivity contribution in [2.24, 2.45) is 0 Å². The van der Waals surface area contributed by atoms with Crippen molar-refractivity contribution < 1.29 is 4.74 Å². The predicted octanol–water partition coefficient (Wildman–Crippen LogP) is 3.23. The van der Waals surface area contributed by atoms with Crippen LogP contribution in [-0.2, 0) is 0 Å². The second-order valence-electron chi connectivity index (χ2n) is 4.77. The number of fused-ring (bicyclic) bond motifs is 1. The van der Waals surface area contributed by atoms with Crippen molar-refractivity contribution in [1.82, 2.24) is 4.98 Å². The second-order valence-corrected chi connectivity index (χ2v) is 4.77. The van der Waals surface area contributed by atoms with E-state index in [2.05, 4.69) is 22.0 Å². The maximum atomic E-state index is 5.36. The summed E-state index contributed by atoms with van der Waals surface area (Å²) in [6.07, 6.45) is 5.83. The van der Waals surface area contributed by atoms with Crippen molar-refractivity contribution in [3.05, 3.63) is 30.5 Å². The molecule has 1 saturated heterocycles. The van der Waals surface area contributed by atoms with E-state index in [0.717, 1.165) is 30.0 Å². The van der Waals surface area contributed by atoms with E-state index in [-0.39, 0.29) is 0 Å². The van der Waals surface area contributed by atoms with Crippen molar-refractivity contribution >= 4 is 16.6 Å². The zero-order chi connectivity index (χ0) is 12.4. The molecule has 0 spiro atoms. The molecule has 1 aromatic carbocycles. The van der Waals surface area contributed by atoms with Gasteiger partial charge in [-0.25, -0.2) is 4.98 Å². The Morgan fingerprint density at radius 3 is 2.78 bits per heavy atom. The molecule has 0 unspecified atom stereocenters. The molecule has 0 saturated carbocycles. The summed E-state index contributed by atoms with van der Waals surface area (Å²) in [5, 5.41) is 2.28. The highest BCUT2D eigenvalue weighted by Gasteiger charge is 2.12. The first-order valence-corrected chi connectivity index (χ1v) is 6.56. The molecule has 0 radical (unpaired) electrons. The largest absolute Gasteiger partial charge is 0.496 e. The minimum absolute atomic E-state index is 0.894. The molecule has 0 amide bonds. The van der Waals surface area contributed by atoms with Crippen molar-refractivity contribution in [1.29, 1.82) is 0 Å². The number of pyridine rings is 1. The first-order valence-electron chi connectivity index (χ1n) is 6.56. The molecule has 1 aromatic heterocycles. The Hall–Kier alpha value is -1.77. The first kappa shape index (κ1) is 11.3. The average Bonchev–Trinajstić information content (AvgIpc) is 2.47. The molecule has 3 heteroatoms. The lowest BCUT2D eigenvalue weighted by atomic mass is 10.1. The Morgan fingerprint density at radius 2 is 2.00 bits per heavy atom. The maximum absolute atomic E-state index is 5.36. The van der Waals surface area contributed by atoms with Crippen molar-refractivity contribution in [3.8, 4) is 5.75 Å². The number of benzene rings is 1. The van der Waals surface area contributed by atoms with Crippen LogP contribution in [0.3, 0.4) is 0 Å². The molecule has 0 atom stereocenters. The van der Waals surface area contributed by atoms with E-state index < -0.39 is 0 Å². The van der Waals surface area contributed by atoms with Gasteiger partial charge in [-0.2, -0.15) is 0 Å². The van der Waals surface area contributed by atoms with Crippen LogP contribution in [0, 0.1) is 0 Å². The van der Waals surface area contributed by atoms with Gasteiger partial charge in [0.25, 0.3) is 0 Å². The number of anilines is 1. The zero-order valence-corrected chi connectivity index (χ0v) is 10.7. The highest BCUT2D eigenvalue weighted by Crippen LogP contribution is 2.28. The number of piperidine rings is 1. The lowest BCUT2D eigenvalue weighted by Gasteiger charge is -2.27. The Labute approximate surface area is 107 Å². The van der Waals surface area contributed by atoms with Gasteiger partial charge in [-0.05, 0) is 36.8 Å². The normalized spacial score (nSPS) is 15.9. The average molecular weight is 242 g/mol. The molecule has 0 aliphatic carbocycles. The first-order chi connectivity index (χ1) is 8.88. The Balaban J connectivity index is 2.00. The Bertz CT molecular complexity index is 547. The molecular formula is C15H18N2O. The van der Waals surface area contributed by atoms with Crippen LogP contribution in [0.5, 0.6) is 5.75 Å². The number of hydrogen-bond donors (Lipinski definition) is 0. The van der Waals surface area contributed by atoms with E-state index >= 15 is 0 Å². The van der Waals surface area contributed by atoms with Crippen LogP contribution < -0.4 is 9.64 Å². The molecule has 1 fully saturated rings. The van der Waals surface area contributed by atoms with Gasteiger partial charge in [0.05, 0.1) is 7.11 Å². The molecule has 0 N–H and O–H groups in total. The fourth-order valence-electron chi connectivity index (χ4n) is 2.61. The minimum Gasteiger partial charge on any atom is -0.496 e. The summed E-state index contributed by atoms with van der Waals surface area (Å²) in [5.74, 6) is 1.99. The zero-order valence-electron chi connectivity index (χ0n) is 10.7. The lowest BCUT2D eigenvalue weighted by Crippen LogP contribution is -2.30. The van der Waals surface area contributed by atoms with Crippen molar-refractivity contribution in [2.45, 2.75) is 19.3 Å². The molecule has 94 valence electrons. The van der Waals surface area contributed by atoms with Crippen LogP contribution in [0.1, 0.15) is 19.3 Å². The van der Waals surface area contributed by atoms with Gasteiger partial charge in [0.15, 0.2) is 0 Å². The lowest BCUT2D eigenvalue weighted by molar-refractivity contribution is 0.419. The Morgan fingerprint density at radius 1 is 1.17 bits per heavy atom. The standard InChI is InChI=1S/C15H18N2O/c1-18-14-7-5-6-12-10-15(16-11-13(12)14)17-8-3-2-4-9-17/h5-7,10-11H,2-4,8-9H2,1H3. The van der Waals surface area contributed by atoms with Gasteiger partial charge < -0.3 is 9.64 Å². The highest BCUT2D eigenvalue weighted by molar-refractivity contribution is 5.89. The SMILES string of the molecule is COc1cccc2cc(N3CCCCC3)ncc12. The fraction of sp³-hybridized carbons (Fsp3) is 0.400. The molecule has 3 rings (SSSR count). The molecule has 1 aliphatic rings. The van der Waals surface area contributed by atoms with Crippen LogP contribution in [0.25, 0.3) is 10.8 Å². The summed E-state index contributed by atoms with van der Waals surface area (Å²) in [4.78, 5) is 6.96. The smallest absolute Gasteiger partial charge is 0.129 e. The minimum atomic E-state index is 0.894. The van der Waals surface area contributed by atoms with Crippen LogP contribution in [0.2, 0.25) is 0 Å². The van der Waals surface area contributed by atoms with Gasteiger partial charge in [0, 0.05) is 24.7 Å². The molecular weight excluding hydrogens is 224 g/mol. The van der Waals surface area contributed by atoms with E-state index in [4.69, 9.17) is 4.74 Å². The van der Waals surface area contributed by atoms with E-state index in [9.17, 15) is 0 Å². The van der Waals surface area contributed by atoms with Gasteiger partial charge >= 0.3 is 0 Å². The monoisotopic (exact) mass is 242 g/mol. The predicted molar refractivity (Wildman–Crippen MR) is 74.4 cm³/mol. The summed E-state index contributed by atoms with van der Waals surface area (Å²) < 4.78 is 5.36. The number of ether oxygens (including phenoxy) is 1. The third-order valence-electron chi connectivity index (χ3n) is 3.61. The van der Waals surface area contributed by atoms with Gasteiger partial charge in [0.2, 0.25) is 0 Å². The molecule has 2 heterocycles. The number of hydrogen-bond acceptors (Lipinski definition) is 3. The highest BCUT2D eigenvalue weighted by atomic mass is 16.5. The molecule has 1 aliphatic heterocycles. The number of aromatic nitrogens is 1. The summed E-state index contributed by atoms with van der Waals surface area (Å²) in [6, 6.07) is 8.29. The third kappa shape index (κ3) is 2.01. The summed E-state index contributed by atoms with van der Waals surface area (Å²) in [6.45, 7) is 2.25. The van der Waals surface area contributed by atoms with Gasteiger partial charge in [-0.3, -0.25) is 0 Å². The fourth-order valence-corrected chi connectivity index (χ4v) is 2.61. The van der Waals surface area contributed by atoms with Crippen molar-refractivity contribution in [3.63, 3.8) is 0 Å². The third-order valence-corrected chi connectivity index (χ3v) is 3.61. The molecule has 0 bridgehead atoms. The van der Waals surface area contributed by atoms with E-state index in [1.807, 2.05) is 18.3 Å². The molecule has 2 aromatic rings. The molecule has 18 heavy (non-hydrogen) atoms. The quantitative estimate of drug-likeness (QED) is 0.808. The Kier molecular flexibility index (Phi) is 3.05. The van der Waals surface area contributed by atoms with E-state index in [1.165, 1.54) is 24.6 Å². The molecule has 3 nitrogen and oxygen atoms in total. The van der Waals surface area contributed by atoms with Crippen LogP contribution in [0.4, 0.5) is 5.82 Å².